The van der Waals surface area contributed by atoms with Crippen LogP contribution in [0.25, 0.3) is 0 Å². The predicted molar refractivity (Wildman–Crippen MR) is 176 cm³/mol. The van der Waals surface area contributed by atoms with Crippen molar-refractivity contribution in [2.75, 3.05) is 24.6 Å². The number of nitrogens with zero attached hydrogens (tertiary/aromatic N) is 2. The number of nitrogens with one attached hydrogen (secondary N) is 1. The molecule has 0 saturated heterocycles. The largest absolute Gasteiger partial charge is 0.493 e. The number of carbonyl (C=O) groups is 1. The first-order chi connectivity index (χ1) is 21.1. The predicted octanol–water partition coefficient (Wildman–Crippen LogP) is 7.09. The number of hydrogen-bond acceptors (Lipinski definition) is 7. The van der Waals surface area contributed by atoms with Gasteiger partial charge in [0.05, 0.1) is 35.0 Å². The third-order valence-electron chi connectivity index (χ3n) is 6.09. The number of anilines is 1. The second-order valence-corrected chi connectivity index (χ2v) is 12.6. The molecule has 0 saturated carbocycles. The lowest BCUT2D eigenvalue weighted by Gasteiger charge is -2.25. The van der Waals surface area contributed by atoms with Crippen LogP contribution in [0.3, 0.4) is 0 Å². The standard InChI is InChI=1S/C31H28BrCl2N3O6S/c1-3-42-28-12-8-7-11-27(28)37(44(39,40)24-9-5-4-6-10-24)19-30(38)36-35-18-21-15-25(32)31(29(16-21)41-2)43-20-22-13-14-23(33)17-26(22)34/h4-18H,3,19-20H2,1-2H3,(H,36,38)/b35-18-. The van der Waals surface area contributed by atoms with Crippen LogP contribution in [0, 0.1) is 0 Å². The molecule has 0 aliphatic heterocycles. The number of ether oxygens (including phenoxy) is 3. The minimum absolute atomic E-state index is 0.0280. The van der Waals surface area contributed by atoms with Crippen molar-refractivity contribution >= 4 is 67.0 Å². The molecule has 13 heteroatoms. The number of methoxy groups -OCH3 is 1. The Morgan fingerprint density at radius 2 is 1.70 bits per heavy atom. The summed E-state index contributed by atoms with van der Waals surface area (Å²) < 4.78 is 46.0. The highest BCUT2D eigenvalue weighted by molar-refractivity contribution is 9.10. The number of sulfonamides is 1. The van der Waals surface area contributed by atoms with Gasteiger partial charge in [0.1, 0.15) is 18.9 Å². The van der Waals surface area contributed by atoms with Crippen LogP contribution in [-0.2, 0) is 21.4 Å². The summed E-state index contributed by atoms with van der Waals surface area (Å²) in [6.45, 7) is 1.72. The van der Waals surface area contributed by atoms with Gasteiger partial charge in [-0.05, 0) is 76.9 Å². The number of hydrazone groups is 1. The molecule has 1 N–H and O–H groups in total. The molecule has 9 nitrogen and oxygen atoms in total. The molecule has 0 aliphatic rings. The average molecular weight is 721 g/mol. The summed E-state index contributed by atoms with van der Waals surface area (Å²) in [7, 11) is -2.63. The first kappa shape index (κ1) is 33.1. The SMILES string of the molecule is CCOc1ccccc1N(CC(=O)N/N=C\c1cc(Br)c(OCc2ccc(Cl)cc2Cl)c(OC)c1)S(=O)(=O)c1ccccc1. The average Bonchev–Trinajstić information content (AvgIpc) is 3.01. The molecule has 0 spiro atoms. The summed E-state index contributed by atoms with van der Waals surface area (Å²) in [5.41, 5.74) is 3.94. The van der Waals surface area contributed by atoms with Gasteiger partial charge in [-0.25, -0.2) is 13.8 Å². The van der Waals surface area contributed by atoms with Crippen molar-refractivity contribution in [3.05, 3.63) is 111 Å². The molecule has 0 aromatic heterocycles. The summed E-state index contributed by atoms with van der Waals surface area (Å²) in [5, 5.41) is 5.03. The maximum atomic E-state index is 13.6. The quantitative estimate of drug-likeness (QED) is 0.117. The van der Waals surface area contributed by atoms with E-state index in [1.54, 1.807) is 79.7 Å². The van der Waals surface area contributed by atoms with Crippen LogP contribution >= 0.6 is 39.1 Å². The van der Waals surface area contributed by atoms with Crippen LogP contribution < -0.4 is 23.9 Å². The third kappa shape index (κ3) is 8.23. The fraction of sp³-hybridized carbons (Fsp3) is 0.161. The van der Waals surface area contributed by atoms with Crippen LogP contribution in [-0.4, -0.2) is 40.8 Å². The van der Waals surface area contributed by atoms with Gasteiger partial charge in [0.25, 0.3) is 15.9 Å². The first-order valence-electron chi connectivity index (χ1n) is 13.2. The van der Waals surface area contributed by atoms with Crippen LogP contribution in [0.15, 0.2) is 99.4 Å². The van der Waals surface area contributed by atoms with E-state index in [1.165, 1.54) is 25.5 Å². The summed E-state index contributed by atoms with van der Waals surface area (Å²) in [5.74, 6) is 0.501. The van der Waals surface area contributed by atoms with Gasteiger partial charge in [-0.15, -0.1) is 0 Å². The molecular weight excluding hydrogens is 693 g/mol. The zero-order valence-electron chi connectivity index (χ0n) is 23.7. The van der Waals surface area contributed by atoms with E-state index >= 15 is 0 Å². The Morgan fingerprint density at radius 1 is 0.977 bits per heavy atom. The Hall–Kier alpha value is -3.77. The Bertz CT molecular complexity index is 1760. The number of rotatable bonds is 13. The fourth-order valence-electron chi connectivity index (χ4n) is 4.05. The molecule has 4 aromatic carbocycles. The monoisotopic (exact) mass is 719 g/mol. The summed E-state index contributed by atoms with van der Waals surface area (Å²) in [6.07, 6.45) is 1.40. The minimum Gasteiger partial charge on any atom is -0.493 e. The van der Waals surface area contributed by atoms with E-state index in [0.29, 0.717) is 43.9 Å². The van der Waals surface area contributed by atoms with Gasteiger partial charge in [-0.3, -0.25) is 9.10 Å². The van der Waals surface area contributed by atoms with E-state index in [4.69, 9.17) is 37.4 Å². The number of halogens is 3. The summed E-state index contributed by atoms with van der Waals surface area (Å²) >= 11 is 15.7. The lowest BCUT2D eigenvalue weighted by molar-refractivity contribution is -0.119. The summed E-state index contributed by atoms with van der Waals surface area (Å²) in [4.78, 5) is 13.1. The molecular formula is C31H28BrCl2N3O6S. The van der Waals surface area contributed by atoms with Gasteiger partial charge in [0.15, 0.2) is 11.5 Å². The van der Waals surface area contributed by atoms with Crippen molar-refractivity contribution in [1.82, 2.24) is 5.43 Å². The number of amides is 1. The normalized spacial score (nSPS) is 11.3. The molecule has 4 aromatic rings. The van der Waals surface area contributed by atoms with Crippen LogP contribution in [0.2, 0.25) is 10.0 Å². The van der Waals surface area contributed by atoms with Crippen LogP contribution in [0.1, 0.15) is 18.1 Å². The molecule has 44 heavy (non-hydrogen) atoms. The number of benzene rings is 4. The van der Waals surface area contributed by atoms with E-state index < -0.39 is 22.5 Å². The highest BCUT2D eigenvalue weighted by Crippen LogP contribution is 2.37. The smallest absolute Gasteiger partial charge is 0.264 e. The van der Waals surface area contributed by atoms with Gasteiger partial charge in [0.2, 0.25) is 0 Å². The van der Waals surface area contributed by atoms with E-state index in [9.17, 15) is 13.2 Å². The van der Waals surface area contributed by atoms with Crippen LogP contribution in [0.5, 0.6) is 17.2 Å². The van der Waals surface area contributed by atoms with Crippen molar-refractivity contribution in [2.24, 2.45) is 5.10 Å². The Kier molecular flexibility index (Phi) is 11.5. The van der Waals surface area contributed by atoms with Gasteiger partial charge >= 0.3 is 0 Å². The topological polar surface area (TPSA) is 107 Å². The highest BCUT2D eigenvalue weighted by atomic mass is 79.9. The number of para-hydroxylation sites is 2. The molecule has 0 bridgehead atoms. The van der Waals surface area contributed by atoms with Gasteiger partial charge in [0, 0.05) is 15.6 Å². The minimum atomic E-state index is -4.13. The van der Waals surface area contributed by atoms with E-state index in [0.717, 1.165) is 9.87 Å². The van der Waals surface area contributed by atoms with Crippen molar-refractivity contribution in [3.63, 3.8) is 0 Å². The Labute approximate surface area is 274 Å². The lowest BCUT2D eigenvalue weighted by Crippen LogP contribution is -2.39. The van der Waals surface area contributed by atoms with Crippen molar-refractivity contribution in [2.45, 2.75) is 18.4 Å². The first-order valence-corrected chi connectivity index (χ1v) is 16.2. The molecule has 0 heterocycles. The van der Waals surface area contributed by atoms with Crippen molar-refractivity contribution in [3.8, 4) is 17.2 Å². The second kappa shape index (κ2) is 15.3. The summed E-state index contributed by atoms with van der Waals surface area (Å²) in [6, 6.07) is 23.0. The molecule has 0 aliphatic carbocycles. The van der Waals surface area contributed by atoms with Gasteiger partial charge in [-0.1, -0.05) is 59.6 Å². The van der Waals surface area contributed by atoms with Gasteiger partial charge in [-0.2, -0.15) is 5.10 Å². The maximum Gasteiger partial charge on any atom is 0.264 e. The molecule has 4 rings (SSSR count). The molecule has 0 unspecified atom stereocenters. The van der Waals surface area contributed by atoms with E-state index in [1.807, 2.05) is 0 Å². The van der Waals surface area contributed by atoms with Crippen LogP contribution in [0.4, 0.5) is 5.69 Å². The second-order valence-electron chi connectivity index (χ2n) is 9.08. The Morgan fingerprint density at radius 3 is 2.41 bits per heavy atom. The van der Waals surface area contributed by atoms with Gasteiger partial charge < -0.3 is 14.2 Å². The zero-order chi connectivity index (χ0) is 31.7. The van der Waals surface area contributed by atoms with Crippen molar-refractivity contribution < 1.29 is 27.4 Å². The zero-order valence-corrected chi connectivity index (χ0v) is 27.6. The molecule has 230 valence electrons. The van der Waals surface area contributed by atoms with E-state index in [2.05, 4.69) is 26.5 Å². The number of hydrogen-bond donors (Lipinski definition) is 1. The lowest BCUT2D eigenvalue weighted by atomic mass is 10.2. The maximum absolute atomic E-state index is 13.6. The Balaban J connectivity index is 1.51. The number of carbonyl (C=O) groups excluding carboxylic acids is 1. The fourth-order valence-corrected chi connectivity index (χ4v) is 6.54. The molecule has 0 fully saturated rings. The molecule has 0 atom stereocenters. The molecule has 1 amide bonds. The molecule has 0 radical (unpaired) electrons. The highest BCUT2D eigenvalue weighted by Gasteiger charge is 2.29. The van der Waals surface area contributed by atoms with E-state index in [-0.39, 0.29) is 17.2 Å². The van der Waals surface area contributed by atoms with Crippen molar-refractivity contribution in [1.29, 1.82) is 0 Å². The third-order valence-corrected chi connectivity index (χ3v) is 9.04.